The smallest absolute Gasteiger partial charge is 0.253 e. The van der Waals surface area contributed by atoms with Gasteiger partial charge in [0.15, 0.2) is 11.6 Å². The lowest BCUT2D eigenvalue weighted by Gasteiger charge is -2.39. The van der Waals surface area contributed by atoms with E-state index in [9.17, 15) is 14.0 Å². The zero-order valence-corrected chi connectivity index (χ0v) is 16.7. The van der Waals surface area contributed by atoms with Gasteiger partial charge < -0.3 is 20.5 Å². The van der Waals surface area contributed by atoms with Crippen LogP contribution in [0.25, 0.3) is 10.9 Å². The number of H-pyrrole nitrogens is 1. The first-order valence-electron chi connectivity index (χ1n) is 9.42. The Hall–Kier alpha value is -2.61. The van der Waals surface area contributed by atoms with Crippen molar-refractivity contribution in [3.05, 3.63) is 40.6 Å². The monoisotopic (exact) mass is 422 g/mol. The zero-order chi connectivity index (χ0) is 21.0. The van der Waals surface area contributed by atoms with Crippen LogP contribution >= 0.6 is 11.6 Å². The minimum absolute atomic E-state index is 0.00629. The van der Waals surface area contributed by atoms with Crippen molar-refractivity contribution in [2.45, 2.75) is 25.8 Å². The second-order valence-corrected chi connectivity index (χ2v) is 7.99. The highest BCUT2D eigenvalue weighted by Gasteiger charge is 2.41. The highest BCUT2D eigenvalue weighted by Crippen LogP contribution is 2.43. The number of nitrogens with two attached hydrogens (primary N) is 1. The van der Waals surface area contributed by atoms with Crippen molar-refractivity contribution in [2.24, 2.45) is 11.7 Å². The van der Waals surface area contributed by atoms with Gasteiger partial charge in [0.1, 0.15) is 5.56 Å². The topological polar surface area (TPSA) is 82.4 Å². The van der Waals surface area contributed by atoms with Crippen molar-refractivity contribution in [1.82, 2.24) is 9.88 Å². The third kappa shape index (κ3) is 2.88. The van der Waals surface area contributed by atoms with Gasteiger partial charge in [0.05, 0.1) is 22.3 Å². The van der Waals surface area contributed by atoms with Crippen LogP contribution in [0, 0.1) is 24.5 Å². The quantitative estimate of drug-likeness (QED) is 0.745. The van der Waals surface area contributed by atoms with E-state index in [-0.39, 0.29) is 33.6 Å². The maximum atomic E-state index is 15.2. The molecule has 0 unspecified atom stereocenters. The summed E-state index contributed by atoms with van der Waals surface area (Å²) in [4.78, 5) is 30.3. The largest absolute Gasteiger partial charge is 0.366 e. The number of hydrogen-bond donors (Lipinski definition) is 2. The third-order valence-electron chi connectivity index (χ3n) is 6.10. The van der Waals surface area contributed by atoms with E-state index >= 15 is 4.39 Å². The fourth-order valence-electron chi connectivity index (χ4n) is 4.71. The van der Waals surface area contributed by atoms with Crippen LogP contribution in [0.2, 0.25) is 5.02 Å². The molecule has 0 spiro atoms. The van der Waals surface area contributed by atoms with E-state index in [1.807, 2.05) is 0 Å². The van der Waals surface area contributed by atoms with Gasteiger partial charge in [-0.2, -0.15) is 0 Å². The van der Waals surface area contributed by atoms with Crippen LogP contribution in [0.15, 0.2) is 12.7 Å². The SMILES string of the molecule is C=CC(=O)N1CC[C@H]2CCN(c3c(F)c(F)c(C(N)=O)c4[nH]c(C)c(Cl)c34)C[C@H]21. The first kappa shape index (κ1) is 19.7. The van der Waals surface area contributed by atoms with Crippen LogP contribution in [-0.2, 0) is 4.79 Å². The average molecular weight is 423 g/mol. The van der Waals surface area contributed by atoms with E-state index in [0.29, 0.717) is 31.2 Å². The van der Waals surface area contributed by atoms with Crippen LogP contribution in [-0.4, -0.2) is 47.4 Å². The number of benzene rings is 1. The van der Waals surface area contributed by atoms with E-state index in [4.69, 9.17) is 17.3 Å². The molecule has 3 N–H and O–H groups in total. The number of aromatic amines is 1. The molecule has 2 atom stereocenters. The average Bonchev–Trinajstić information content (AvgIpc) is 3.23. The van der Waals surface area contributed by atoms with Gasteiger partial charge in [0, 0.05) is 30.7 Å². The van der Waals surface area contributed by atoms with Crippen molar-refractivity contribution in [2.75, 3.05) is 24.5 Å². The Balaban J connectivity index is 1.85. The van der Waals surface area contributed by atoms with Crippen LogP contribution in [0.3, 0.4) is 0 Å². The van der Waals surface area contributed by atoms with Crippen molar-refractivity contribution >= 4 is 40.0 Å². The predicted molar refractivity (Wildman–Crippen MR) is 107 cm³/mol. The molecule has 3 heterocycles. The predicted octanol–water partition coefficient (Wildman–Crippen LogP) is 3.12. The fourth-order valence-corrected chi connectivity index (χ4v) is 4.94. The second kappa shape index (κ2) is 7.02. The third-order valence-corrected chi connectivity index (χ3v) is 6.57. The van der Waals surface area contributed by atoms with Crippen molar-refractivity contribution in [3.8, 4) is 0 Å². The number of amides is 2. The highest BCUT2D eigenvalue weighted by atomic mass is 35.5. The molecule has 2 aliphatic rings. The number of nitrogens with zero attached hydrogens (tertiary/aromatic N) is 2. The Labute approximate surface area is 171 Å². The number of fused-ring (bicyclic) bond motifs is 2. The molecule has 9 heteroatoms. The Bertz CT molecular complexity index is 1050. The molecule has 2 aliphatic heterocycles. The van der Waals surface area contributed by atoms with E-state index in [1.54, 1.807) is 16.7 Å². The minimum atomic E-state index is -1.30. The molecular formula is C20H21ClF2N4O2. The first-order valence-corrected chi connectivity index (χ1v) is 9.80. The normalized spacial score (nSPS) is 21.5. The van der Waals surface area contributed by atoms with E-state index in [0.717, 1.165) is 12.8 Å². The van der Waals surface area contributed by atoms with Crippen molar-refractivity contribution < 1.29 is 18.4 Å². The van der Waals surface area contributed by atoms with E-state index < -0.39 is 23.1 Å². The molecule has 1 aromatic heterocycles. The fraction of sp³-hybridized carbons (Fsp3) is 0.400. The van der Waals surface area contributed by atoms with Gasteiger partial charge >= 0.3 is 0 Å². The highest BCUT2D eigenvalue weighted by molar-refractivity contribution is 6.38. The summed E-state index contributed by atoms with van der Waals surface area (Å²) in [5.41, 5.74) is 5.31. The maximum absolute atomic E-state index is 15.2. The number of rotatable bonds is 3. The number of likely N-dealkylation sites (tertiary alicyclic amines) is 1. The standard InChI is InChI=1S/C20H21ClF2N4O2/c1-3-12(28)27-7-5-10-4-6-26(8-11(10)27)19-13-15(21)9(2)25-18(13)14(20(24)29)16(22)17(19)23/h3,10-11,25H,1,4-8H2,2H3,(H2,24,29)/t10-,11-/m1/s1. The van der Waals surface area contributed by atoms with Gasteiger partial charge in [0.2, 0.25) is 5.91 Å². The molecule has 0 saturated carbocycles. The molecular weight excluding hydrogens is 402 g/mol. The Morgan fingerprint density at radius 2 is 1.97 bits per heavy atom. The number of halogens is 3. The molecule has 29 heavy (non-hydrogen) atoms. The summed E-state index contributed by atoms with van der Waals surface area (Å²) in [6.45, 7) is 6.64. The first-order chi connectivity index (χ1) is 13.8. The molecule has 0 bridgehead atoms. The lowest BCUT2D eigenvalue weighted by Crippen LogP contribution is -2.50. The summed E-state index contributed by atoms with van der Waals surface area (Å²) in [5.74, 6) is -3.41. The number of aryl methyl sites for hydroxylation is 1. The summed E-state index contributed by atoms with van der Waals surface area (Å²) in [7, 11) is 0. The van der Waals surface area contributed by atoms with Gasteiger partial charge in [0.25, 0.3) is 5.91 Å². The van der Waals surface area contributed by atoms with Gasteiger partial charge in [-0.05, 0) is 31.8 Å². The molecule has 6 nitrogen and oxygen atoms in total. The second-order valence-electron chi connectivity index (χ2n) is 7.62. The zero-order valence-electron chi connectivity index (χ0n) is 15.9. The Morgan fingerprint density at radius 1 is 1.28 bits per heavy atom. The minimum Gasteiger partial charge on any atom is -0.366 e. The van der Waals surface area contributed by atoms with Crippen LogP contribution < -0.4 is 10.6 Å². The number of carbonyl (C=O) groups is 2. The van der Waals surface area contributed by atoms with Crippen LogP contribution in [0.1, 0.15) is 28.9 Å². The van der Waals surface area contributed by atoms with Gasteiger partial charge in [-0.15, -0.1) is 0 Å². The molecule has 154 valence electrons. The number of piperidine rings is 1. The molecule has 2 fully saturated rings. The summed E-state index contributed by atoms with van der Waals surface area (Å²) in [5, 5.41) is 0.443. The molecule has 0 radical (unpaired) electrons. The number of nitrogens with one attached hydrogen (secondary N) is 1. The number of aromatic nitrogens is 1. The number of primary amides is 1. The molecule has 1 aromatic carbocycles. The van der Waals surface area contributed by atoms with Crippen LogP contribution in [0.4, 0.5) is 14.5 Å². The van der Waals surface area contributed by atoms with E-state index in [1.165, 1.54) is 6.08 Å². The lowest BCUT2D eigenvalue weighted by atomic mass is 9.91. The van der Waals surface area contributed by atoms with E-state index in [2.05, 4.69) is 11.6 Å². The summed E-state index contributed by atoms with van der Waals surface area (Å²) in [6.07, 6.45) is 2.87. The number of hydrogen-bond acceptors (Lipinski definition) is 3. The molecule has 2 saturated heterocycles. The van der Waals surface area contributed by atoms with Crippen LogP contribution in [0.5, 0.6) is 0 Å². The Kier molecular flexibility index (Phi) is 4.77. The lowest BCUT2D eigenvalue weighted by molar-refractivity contribution is -0.127. The molecule has 2 aromatic rings. The summed E-state index contributed by atoms with van der Waals surface area (Å²) in [6, 6.07) is -0.124. The maximum Gasteiger partial charge on any atom is 0.253 e. The van der Waals surface area contributed by atoms with Gasteiger partial charge in [-0.1, -0.05) is 18.2 Å². The van der Waals surface area contributed by atoms with Gasteiger partial charge in [-0.3, -0.25) is 9.59 Å². The molecule has 0 aliphatic carbocycles. The van der Waals surface area contributed by atoms with Gasteiger partial charge in [-0.25, -0.2) is 8.78 Å². The molecule has 2 amide bonds. The Morgan fingerprint density at radius 3 is 2.62 bits per heavy atom. The summed E-state index contributed by atoms with van der Waals surface area (Å²) < 4.78 is 30.0. The van der Waals surface area contributed by atoms with Crippen molar-refractivity contribution in [3.63, 3.8) is 0 Å². The molecule has 4 rings (SSSR count). The van der Waals surface area contributed by atoms with Crippen molar-refractivity contribution in [1.29, 1.82) is 0 Å². The number of carbonyl (C=O) groups excluding carboxylic acids is 2. The number of anilines is 1. The summed E-state index contributed by atoms with van der Waals surface area (Å²) >= 11 is 6.40.